The predicted molar refractivity (Wildman–Crippen MR) is 220 cm³/mol. The van der Waals surface area contributed by atoms with Crippen LogP contribution >= 0.6 is 0 Å². The quantitative estimate of drug-likeness (QED) is 0.0672. The molecule has 1 aromatic carbocycles. The third-order valence-corrected chi connectivity index (χ3v) is 12.6. The number of carbonyl (C=O) groups is 7. The summed E-state index contributed by atoms with van der Waals surface area (Å²) in [7, 11) is 0. The van der Waals surface area contributed by atoms with Crippen LogP contribution in [0.15, 0.2) is 18.2 Å². The Morgan fingerprint density at radius 3 is 1.93 bits per heavy atom. The lowest BCUT2D eigenvalue weighted by atomic mass is 9.53. The molecule has 1 unspecified atom stereocenters. The standard InChI is InChI=1S/C44H64N6O10/c51-36(13-8-6-4-2-1-3-5-7-9-16-47-43(57)49-44-26-30-23-31(27-44)25-32(24-30)28-44)45-17-19-58-21-22-59-20-18-46-38(53)29-60-35-12-10-11-33-39(35)42(56)50(41(33)55)34-14-15-37(52)48-40(34)54/h10-12,30-32,34H,1-9,13-29H2,(H,45,51)(H,46,53)(H2,47,49,57)(H,48,52,54). The van der Waals surface area contributed by atoms with Crippen LogP contribution in [0.2, 0.25) is 0 Å². The molecule has 1 aromatic rings. The zero-order valence-electron chi connectivity index (χ0n) is 35.0. The molecule has 5 fully saturated rings. The number of nitrogens with zero attached hydrogens (tertiary/aromatic N) is 1. The van der Waals surface area contributed by atoms with E-state index in [-0.39, 0.29) is 60.3 Å². The number of unbranched alkanes of at least 4 members (excludes halogenated alkanes) is 8. The number of hydrogen-bond donors (Lipinski definition) is 5. The van der Waals surface area contributed by atoms with Gasteiger partial charge in [0.25, 0.3) is 17.7 Å². The SMILES string of the molecule is O=C(CCCCCCCCCCCNC(=O)NC12CC3CC(CC(C3)C1)C2)NCCOCCOCCNC(=O)COc1cccc2c1C(=O)N(C1CCC(=O)NC1=O)C2=O. The number of hydrogen-bond acceptors (Lipinski definition) is 10. The summed E-state index contributed by atoms with van der Waals surface area (Å²) in [5.41, 5.74) is 0.113. The van der Waals surface area contributed by atoms with E-state index in [0.29, 0.717) is 32.8 Å². The van der Waals surface area contributed by atoms with Gasteiger partial charge in [0.05, 0.1) is 37.6 Å². The molecule has 2 aliphatic heterocycles. The summed E-state index contributed by atoms with van der Waals surface area (Å²) in [6.45, 7) is 2.24. The number of piperidine rings is 1. The number of urea groups is 1. The topological polar surface area (TPSA) is 211 Å². The molecule has 16 heteroatoms. The summed E-state index contributed by atoms with van der Waals surface area (Å²) in [5.74, 6) is -0.426. The molecule has 4 bridgehead atoms. The minimum atomic E-state index is -1.10. The van der Waals surface area contributed by atoms with Gasteiger partial charge >= 0.3 is 6.03 Å². The van der Waals surface area contributed by atoms with Gasteiger partial charge in [-0.3, -0.25) is 39.0 Å². The van der Waals surface area contributed by atoms with E-state index in [0.717, 1.165) is 61.3 Å². The average Bonchev–Trinajstić information content (AvgIpc) is 3.46. The van der Waals surface area contributed by atoms with E-state index in [2.05, 4.69) is 26.6 Å². The Balaban J connectivity index is 0.680. The van der Waals surface area contributed by atoms with Crippen LogP contribution in [-0.4, -0.2) is 111 Å². The van der Waals surface area contributed by atoms with Crippen LogP contribution in [0.5, 0.6) is 5.75 Å². The molecule has 2 heterocycles. The second-order valence-electron chi connectivity index (χ2n) is 17.4. The summed E-state index contributed by atoms with van der Waals surface area (Å²) in [4.78, 5) is 87.9. The van der Waals surface area contributed by atoms with Gasteiger partial charge in [-0.25, -0.2) is 4.79 Å². The Kier molecular flexibility index (Phi) is 16.7. The molecule has 0 aromatic heterocycles. The fourth-order valence-corrected chi connectivity index (χ4v) is 10.1. The molecule has 60 heavy (non-hydrogen) atoms. The molecular formula is C44H64N6O10. The zero-order valence-corrected chi connectivity index (χ0v) is 35.0. The number of benzene rings is 1. The first-order chi connectivity index (χ1) is 29.1. The monoisotopic (exact) mass is 836 g/mol. The number of amides is 8. The summed E-state index contributed by atoms with van der Waals surface area (Å²) >= 11 is 0. The van der Waals surface area contributed by atoms with Gasteiger partial charge in [0, 0.05) is 38.0 Å². The van der Waals surface area contributed by atoms with Gasteiger partial charge in [0.1, 0.15) is 11.8 Å². The zero-order chi connectivity index (χ0) is 42.3. The van der Waals surface area contributed by atoms with Crippen LogP contribution in [0.3, 0.4) is 0 Å². The lowest BCUT2D eigenvalue weighted by Crippen LogP contribution is -2.61. The van der Waals surface area contributed by atoms with Crippen molar-refractivity contribution >= 4 is 41.5 Å². The Morgan fingerprint density at radius 1 is 0.700 bits per heavy atom. The van der Waals surface area contributed by atoms with Gasteiger partial charge in [0.15, 0.2) is 6.61 Å². The summed E-state index contributed by atoms with van der Waals surface area (Å²) in [6.07, 6.45) is 18.3. The van der Waals surface area contributed by atoms with Crippen molar-refractivity contribution in [2.45, 2.75) is 127 Å². The fourth-order valence-electron chi connectivity index (χ4n) is 10.1. The van der Waals surface area contributed by atoms with Crippen LogP contribution in [0.1, 0.15) is 136 Å². The smallest absolute Gasteiger partial charge is 0.315 e. The number of imide groups is 2. The molecule has 4 aliphatic carbocycles. The highest BCUT2D eigenvalue weighted by Crippen LogP contribution is 2.55. The molecule has 6 aliphatic rings. The molecule has 330 valence electrons. The Morgan fingerprint density at radius 2 is 1.30 bits per heavy atom. The molecule has 5 N–H and O–H groups in total. The second kappa shape index (κ2) is 22.3. The lowest BCUT2D eigenvalue weighted by Gasteiger charge is -2.56. The maximum Gasteiger partial charge on any atom is 0.315 e. The molecule has 8 amide bonds. The highest BCUT2D eigenvalue weighted by atomic mass is 16.5. The van der Waals surface area contributed by atoms with Crippen molar-refractivity contribution in [3.63, 3.8) is 0 Å². The number of carbonyl (C=O) groups excluding carboxylic acids is 7. The molecular weight excluding hydrogens is 773 g/mol. The van der Waals surface area contributed by atoms with Gasteiger partial charge < -0.3 is 35.5 Å². The average molecular weight is 837 g/mol. The minimum Gasteiger partial charge on any atom is -0.483 e. The first-order valence-electron chi connectivity index (χ1n) is 22.3. The molecule has 0 spiro atoms. The molecule has 4 saturated carbocycles. The summed E-state index contributed by atoms with van der Waals surface area (Å²) in [5, 5.41) is 14.2. The fraction of sp³-hybridized carbons (Fsp3) is 0.705. The maximum absolute atomic E-state index is 13.2. The molecule has 7 rings (SSSR count). The summed E-state index contributed by atoms with van der Waals surface area (Å²) in [6, 6.07) is 3.38. The van der Waals surface area contributed by atoms with Crippen molar-refractivity contribution in [1.29, 1.82) is 0 Å². The van der Waals surface area contributed by atoms with Crippen LogP contribution in [0, 0.1) is 17.8 Å². The minimum absolute atomic E-state index is 0.0118. The highest BCUT2D eigenvalue weighted by Gasteiger charge is 2.51. The third-order valence-electron chi connectivity index (χ3n) is 12.6. The van der Waals surface area contributed by atoms with E-state index >= 15 is 0 Å². The van der Waals surface area contributed by atoms with Crippen LogP contribution in [-0.2, 0) is 28.7 Å². The number of fused-ring (bicyclic) bond motifs is 1. The number of rotatable bonds is 26. The van der Waals surface area contributed by atoms with E-state index < -0.39 is 42.2 Å². The van der Waals surface area contributed by atoms with Crippen molar-refractivity contribution < 1.29 is 47.8 Å². The number of ether oxygens (including phenoxy) is 3. The maximum atomic E-state index is 13.2. The van der Waals surface area contributed by atoms with Gasteiger partial charge in [0.2, 0.25) is 17.7 Å². The third kappa shape index (κ3) is 12.7. The predicted octanol–water partition coefficient (Wildman–Crippen LogP) is 3.90. The van der Waals surface area contributed by atoms with Gasteiger partial charge in [-0.15, -0.1) is 0 Å². The number of nitrogens with one attached hydrogen (secondary N) is 5. The molecule has 16 nitrogen and oxygen atoms in total. The van der Waals surface area contributed by atoms with Crippen molar-refractivity contribution in [2.75, 3.05) is 52.7 Å². The first-order valence-corrected chi connectivity index (χ1v) is 22.3. The Hall–Kier alpha value is -4.57. The van der Waals surface area contributed by atoms with E-state index in [1.807, 2.05) is 0 Å². The van der Waals surface area contributed by atoms with Crippen LogP contribution < -0.4 is 31.3 Å². The van der Waals surface area contributed by atoms with E-state index in [1.54, 1.807) is 0 Å². The van der Waals surface area contributed by atoms with E-state index in [9.17, 15) is 33.6 Å². The van der Waals surface area contributed by atoms with Crippen molar-refractivity contribution in [3.05, 3.63) is 29.3 Å². The Bertz CT molecular complexity index is 1670. The van der Waals surface area contributed by atoms with Crippen molar-refractivity contribution in [3.8, 4) is 5.75 Å². The second-order valence-corrected chi connectivity index (χ2v) is 17.4. The van der Waals surface area contributed by atoms with Crippen LogP contribution in [0.4, 0.5) is 4.79 Å². The lowest BCUT2D eigenvalue weighted by molar-refractivity contribution is -0.136. The van der Waals surface area contributed by atoms with Gasteiger partial charge in [-0.05, 0) is 87.7 Å². The summed E-state index contributed by atoms with van der Waals surface area (Å²) < 4.78 is 16.6. The van der Waals surface area contributed by atoms with Crippen LogP contribution in [0.25, 0.3) is 0 Å². The molecule has 0 radical (unpaired) electrons. The van der Waals surface area contributed by atoms with Gasteiger partial charge in [-0.2, -0.15) is 0 Å². The molecule has 1 atom stereocenters. The van der Waals surface area contributed by atoms with Gasteiger partial charge in [-0.1, -0.05) is 51.0 Å². The van der Waals surface area contributed by atoms with E-state index in [4.69, 9.17) is 14.2 Å². The Labute approximate surface area is 352 Å². The normalized spacial score (nSPS) is 24.0. The van der Waals surface area contributed by atoms with Crippen molar-refractivity contribution in [2.24, 2.45) is 17.8 Å². The van der Waals surface area contributed by atoms with E-state index in [1.165, 1.54) is 82.4 Å². The molecule has 1 saturated heterocycles. The largest absolute Gasteiger partial charge is 0.483 e. The van der Waals surface area contributed by atoms with Crippen molar-refractivity contribution in [1.82, 2.24) is 31.5 Å². The first kappa shape index (κ1) is 45.0. The highest BCUT2D eigenvalue weighted by molar-refractivity contribution is 6.24.